The molecular formula is C15H31F2N4Y-. The molecule has 6 unspecified atom stereocenters. The van der Waals surface area contributed by atoms with Crippen LogP contribution in [0.1, 0.15) is 38.5 Å². The van der Waals surface area contributed by atoms with Gasteiger partial charge in [0.25, 0.3) is 0 Å². The number of alkyl halides is 2. The van der Waals surface area contributed by atoms with Gasteiger partial charge in [-0.25, -0.2) is 8.78 Å². The molecule has 2 saturated carbocycles. The zero-order valence-corrected chi connectivity index (χ0v) is 16.9. The molecule has 6 atom stereocenters. The van der Waals surface area contributed by atoms with E-state index >= 15 is 0 Å². The molecule has 0 aromatic heterocycles. The van der Waals surface area contributed by atoms with Crippen molar-refractivity contribution in [2.45, 2.75) is 75.0 Å². The number of nitrogens with zero attached hydrogens (tertiary/aromatic N) is 1. The molecule has 22 heavy (non-hydrogen) atoms. The Morgan fingerprint density at radius 3 is 2.14 bits per heavy atom. The summed E-state index contributed by atoms with van der Waals surface area (Å²) in [6, 6.07) is 0.0113. The molecular weight excluding hydrogens is 363 g/mol. The van der Waals surface area contributed by atoms with Gasteiger partial charge in [-0.15, -0.1) is 6.04 Å². The van der Waals surface area contributed by atoms with Crippen LogP contribution in [0.25, 0.3) is 5.73 Å². The Hall–Kier alpha value is 0.804. The summed E-state index contributed by atoms with van der Waals surface area (Å²) < 4.78 is 25.9. The van der Waals surface area contributed by atoms with E-state index in [9.17, 15) is 8.78 Å². The van der Waals surface area contributed by atoms with E-state index in [-0.39, 0.29) is 44.8 Å². The molecule has 0 spiro atoms. The summed E-state index contributed by atoms with van der Waals surface area (Å²) in [7, 11) is 5.75. The van der Waals surface area contributed by atoms with Crippen LogP contribution in [-0.4, -0.2) is 62.6 Å². The van der Waals surface area contributed by atoms with E-state index in [1.165, 1.54) is 0 Å². The monoisotopic (exact) mass is 394 g/mol. The maximum Gasteiger partial charge on any atom is 0.117 e. The fourth-order valence-electron chi connectivity index (χ4n) is 3.03. The molecule has 4 nitrogen and oxygen atoms in total. The van der Waals surface area contributed by atoms with Crippen LogP contribution >= 0.6 is 0 Å². The molecule has 2 fully saturated rings. The molecule has 0 aromatic rings. The van der Waals surface area contributed by atoms with Gasteiger partial charge < -0.3 is 21.7 Å². The Morgan fingerprint density at radius 2 is 1.68 bits per heavy atom. The average molecular weight is 394 g/mol. The van der Waals surface area contributed by atoms with Gasteiger partial charge in [-0.2, -0.15) is 0 Å². The molecule has 7 heteroatoms. The summed E-state index contributed by atoms with van der Waals surface area (Å²) in [5.74, 6) is 0. The second-order valence-electron chi connectivity index (χ2n) is 6.54. The van der Waals surface area contributed by atoms with Crippen LogP contribution in [0.3, 0.4) is 0 Å². The predicted octanol–water partition coefficient (Wildman–Crippen LogP) is 2.28. The molecule has 0 bridgehead atoms. The first-order chi connectivity index (χ1) is 9.85. The van der Waals surface area contributed by atoms with Crippen molar-refractivity contribution in [1.29, 1.82) is 0 Å². The summed E-state index contributed by atoms with van der Waals surface area (Å²) in [4.78, 5) is 2.05. The minimum atomic E-state index is -0.906. The molecule has 0 aliphatic heterocycles. The average Bonchev–Trinajstić information content (AvgIpc) is 2.42. The fraction of sp³-hybridized carbons (Fsp3) is 1.00. The van der Waals surface area contributed by atoms with Crippen molar-refractivity contribution in [1.82, 2.24) is 10.2 Å². The smallest absolute Gasteiger partial charge is 0.117 e. The van der Waals surface area contributed by atoms with Crippen molar-refractivity contribution in [2.75, 3.05) is 21.1 Å². The zero-order chi connectivity index (χ0) is 16.0. The van der Waals surface area contributed by atoms with Crippen LogP contribution in [-0.2, 0) is 32.7 Å². The molecule has 0 aromatic carbocycles. The Morgan fingerprint density at radius 1 is 1.05 bits per heavy atom. The molecule has 0 heterocycles. The standard InChI is InChI=1S/C8H16FN2.C7H15FN2.Y/c1-11(2)6-3-4-8(10)7(9)5-6;1-10-7-3-2-5(9)4-6(7)8;/h6-8,10H,3-5H2,1-2H3;5-7,10H,2-4,9H2,1H3;/q-1;;. The van der Waals surface area contributed by atoms with Gasteiger partial charge in [-0.05, 0) is 53.2 Å². The maximum atomic E-state index is 13.0. The molecule has 1 radical (unpaired) electrons. The van der Waals surface area contributed by atoms with Crippen LogP contribution in [0.15, 0.2) is 0 Å². The summed E-state index contributed by atoms with van der Waals surface area (Å²) >= 11 is 0. The zero-order valence-electron chi connectivity index (χ0n) is 14.1. The SMILES string of the molecule is CN(C)C1CCC([NH-])C(F)C1.CNC1CCC(N)CC1F.[Y]. The van der Waals surface area contributed by atoms with E-state index in [1.54, 1.807) is 7.05 Å². The Labute approximate surface area is 159 Å². The van der Waals surface area contributed by atoms with Gasteiger partial charge in [0.05, 0.1) is 6.17 Å². The van der Waals surface area contributed by atoms with Gasteiger partial charge in [-0.1, -0.05) is 6.42 Å². The van der Waals surface area contributed by atoms with Crippen molar-refractivity contribution < 1.29 is 41.5 Å². The summed E-state index contributed by atoms with van der Waals surface area (Å²) in [6.45, 7) is 0. The Bertz CT molecular complexity index is 297. The Balaban J connectivity index is 0.000000385. The first-order valence-corrected chi connectivity index (χ1v) is 7.93. The van der Waals surface area contributed by atoms with Crippen LogP contribution in [0.5, 0.6) is 0 Å². The molecule has 0 saturated heterocycles. The van der Waals surface area contributed by atoms with Gasteiger partial charge in [-0.3, -0.25) is 0 Å². The number of nitrogens with two attached hydrogens (primary N) is 1. The van der Waals surface area contributed by atoms with Gasteiger partial charge in [0, 0.05) is 50.8 Å². The number of halogens is 2. The second kappa shape index (κ2) is 11.4. The topological polar surface area (TPSA) is 65.1 Å². The van der Waals surface area contributed by atoms with E-state index in [0.717, 1.165) is 19.3 Å². The number of hydrogen-bond donors (Lipinski definition) is 2. The maximum absolute atomic E-state index is 13.0. The first kappa shape index (κ1) is 22.8. The minimum Gasteiger partial charge on any atom is -0.672 e. The van der Waals surface area contributed by atoms with Gasteiger partial charge in [0.2, 0.25) is 0 Å². The fourth-order valence-corrected chi connectivity index (χ4v) is 3.03. The van der Waals surface area contributed by atoms with Crippen molar-refractivity contribution in [3.05, 3.63) is 5.73 Å². The minimum absolute atomic E-state index is 0. The van der Waals surface area contributed by atoms with Crippen molar-refractivity contribution in [3.8, 4) is 0 Å². The number of rotatable bonds is 2. The van der Waals surface area contributed by atoms with Gasteiger partial charge in [0.1, 0.15) is 6.17 Å². The van der Waals surface area contributed by atoms with Crippen molar-refractivity contribution >= 4 is 0 Å². The molecule has 2 aliphatic carbocycles. The van der Waals surface area contributed by atoms with Gasteiger partial charge >= 0.3 is 0 Å². The van der Waals surface area contributed by atoms with Crippen molar-refractivity contribution in [3.63, 3.8) is 0 Å². The van der Waals surface area contributed by atoms with E-state index in [4.69, 9.17) is 11.5 Å². The third-order valence-electron chi connectivity index (χ3n) is 4.66. The third-order valence-corrected chi connectivity index (χ3v) is 4.66. The van der Waals surface area contributed by atoms with Crippen LogP contribution < -0.4 is 11.1 Å². The third kappa shape index (κ3) is 7.58. The molecule has 129 valence electrons. The first-order valence-electron chi connectivity index (χ1n) is 7.93. The Kier molecular flexibility index (Phi) is 11.8. The van der Waals surface area contributed by atoms with E-state index in [0.29, 0.717) is 25.3 Å². The van der Waals surface area contributed by atoms with Crippen molar-refractivity contribution in [2.24, 2.45) is 5.73 Å². The number of hydrogen-bond acceptors (Lipinski definition) is 3. The predicted molar refractivity (Wildman–Crippen MR) is 83.9 cm³/mol. The van der Waals surface area contributed by atoms with Crippen LogP contribution in [0.4, 0.5) is 8.78 Å². The van der Waals surface area contributed by atoms with E-state index in [1.807, 2.05) is 14.1 Å². The number of nitrogens with one attached hydrogen (secondary N) is 2. The van der Waals surface area contributed by atoms with Crippen LogP contribution in [0, 0.1) is 0 Å². The molecule has 4 N–H and O–H groups in total. The van der Waals surface area contributed by atoms with Gasteiger partial charge in [0.15, 0.2) is 0 Å². The van der Waals surface area contributed by atoms with E-state index in [2.05, 4.69) is 10.2 Å². The van der Waals surface area contributed by atoms with Crippen LogP contribution in [0.2, 0.25) is 0 Å². The molecule has 2 aliphatic rings. The quantitative estimate of drug-likeness (QED) is 0.756. The summed E-state index contributed by atoms with van der Waals surface area (Å²) in [5, 5.41) is 2.94. The largest absolute Gasteiger partial charge is 0.672 e. The molecule has 2 rings (SSSR count). The summed E-state index contributed by atoms with van der Waals surface area (Å²) in [6.07, 6.45) is 2.92. The normalized spacial score (nSPS) is 38.7. The second-order valence-corrected chi connectivity index (χ2v) is 6.54. The molecule has 0 amide bonds. The van der Waals surface area contributed by atoms with E-state index < -0.39 is 18.4 Å². The summed E-state index contributed by atoms with van der Waals surface area (Å²) in [5.41, 5.74) is 12.9.